The van der Waals surface area contributed by atoms with E-state index in [1.165, 1.54) is 11.8 Å². The molecule has 4 heterocycles. The van der Waals surface area contributed by atoms with Crippen molar-refractivity contribution in [2.45, 2.75) is 48.6 Å². The van der Waals surface area contributed by atoms with Crippen molar-refractivity contribution in [3.8, 4) is 0 Å². The molecule has 0 aliphatic carbocycles. The quantitative estimate of drug-likeness (QED) is 0.731. The molecule has 1 spiro atoms. The summed E-state index contributed by atoms with van der Waals surface area (Å²) in [4.78, 5) is 25.3. The highest BCUT2D eigenvalue weighted by Crippen LogP contribution is 2.42. The van der Waals surface area contributed by atoms with Crippen LogP contribution in [0.15, 0.2) is 26.8 Å². The predicted molar refractivity (Wildman–Crippen MR) is 119 cm³/mol. The molecule has 0 unspecified atom stereocenters. The summed E-state index contributed by atoms with van der Waals surface area (Å²) in [5.41, 5.74) is 12.8. The molecule has 2 aromatic rings. The summed E-state index contributed by atoms with van der Waals surface area (Å²) in [5.74, 6) is 0.920. The fourth-order valence-electron chi connectivity index (χ4n) is 4.33. The molecule has 10 heteroatoms. The largest absolute Gasteiger partial charge is 0.382 e. The first-order valence-electron chi connectivity index (χ1n) is 10.0. The van der Waals surface area contributed by atoms with Gasteiger partial charge in [-0.3, -0.25) is 9.36 Å². The van der Waals surface area contributed by atoms with Gasteiger partial charge in [-0.25, -0.2) is 9.97 Å². The number of pyridine rings is 1. The first kappa shape index (κ1) is 21.4. The third-order valence-electron chi connectivity index (χ3n) is 6.38. The van der Waals surface area contributed by atoms with E-state index in [1.54, 1.807) is 23.9 Å². The highest BCUT2D eigenvalue weighted by atomic mass is 35.5. The molecular formula is C20H27ClN6O2S. The number of nitrogens with zero attached hydrogens (tertiary/aromatic N) is 4. The van der Waals surface area contributed by atoms with Gasteiger partial charge in [-0.2, -0.15) is 0 Å². The van der Waals surface area contributed by atoms with Gasteiger partial charge >= 0.3 is 0 Å². The van der Waals surface area contributed by atoms with Crippen LogP contribution in [0.4, 0.5) is 11.8 Å². The van der Waals surface area contributed by atoms with Crippen LogP contribution in [0.3, 0.4) is 0 Å². The van der Waals surface area contributed by atoms with Crippen LogP contribution in [0.1, 0.15) is 25.5 Å². The molecule has 4 rings (SSSR count). The second-order valence-electron chi connectivity index (χ2n) is 8.19. The Balaban J connectivity index is 1.58. The molecule has 0 saturated carbocycles. The number of hydrogen-bond acceptors (Lipinski definition) is 8. The summed E-state index contributed by atoms with van der Waals surface area (Å²) in [6.45, 7) is 6.18. The number of aryl methyl sites for hydroxylation is 1. The van der Waals surface area contributed by atoms with Crippen molar-refractivity contribution in [2.24, 2.45) is 18.2 Å². The Morgan fingerprint density at radius 2 is 2.07 bits per heavy atom. The number of hydrogen-bond donors (Lipinski definition) is 2. The molecule has 8 nitrogen and oxygen atoms in total. The molecule has 2 atom stereocenters. The minimum Gasteiger partial charge on any atom is -0.382 e. The molecule has 4 N–H and O–H groups in total. The summed E-state index contributed by atoms with van der Waals surface area (Å²) in [6.07, 6.45) is 3.52. The minimum atomic E-state index is -0.108. The van der Waals surface area contributed by atoms with E-state index in [-0.39, 0.29) is 28.9 Å². The molecule has 0 amide bonds. The molecule has 2 aliphatic rings. The molecular weight excluding hydrogens is 424 g/mol. The van der Waals surface area contributed by atoms with Gasteiger partial charge in [-0.15, -0.1) is 0 Å². The van der Waals surface area contributed by atoms with E-state index in [2.05, 4.69) is 9.88 Å². The first-order valence-corrected chi connectivity index (χ1v) is 11.2. The predicted octanol–water partition coefficient (Wildman–Crippen LogP) is 2.20. The second-order valence-corrected chi connectivity index (χ2v) is 9.62. The van der Waals surface area contributed by atoms with Crippen molar-refractivity contribution in [1.29, 1.82) is 0 Å². The third kappa shape index (κ3) is 3.57. The van der Waals surface area contributed by atoms with Crippen LogP contribution in [0.2, 0.25) is 5.02 Å². The Labute approximate surface area is 185 Å². The van der Waals surface area contributed by atoms with E-state index >= 15 is 0 Å². The summed E-state index contributed by atoms with van der Waals surface area (Å²) in [7, 11) is 1.76. The number of anilines is 2. The Kier molecular flexibility index (Phi) is 5.73. The monoisotopic (exact) mass is 450 g/mol. The molecule has 2 saturated heterocycles. The van der Waals surface area contributed by atoms with Crippen molar-refractivity contribution in [2.75, 3.05) is 30.3 Å². The fourth-order valence-corrected chi connectivity index (χ4v) is 5.52. The SMILES string of the molecule is Cc1nc(N2CCC3(CC2)CO[C@@H](C)[C@H]3N)n(C)c(=O)c1Sc1ccnc(N)c1Cl. The molecule has 0 aromatic carbocycles. The molecule has 162 valence electrons. The first-order chi connectivity index (χ1) is 14.2. The zero-order valence-corrected chi connectivity index (χ0v) is 19.0. The van der Waals surface area contributed by atoms with Gasteiger partial charge in [0.05, 0.1) is 28.3 Å². The van der Waals surface area contributed by atoms with Gasteiger partial charge in [0.2, 0.25) is 5.95 Å². The Hall–Kier alpha value is -1.81. The van der Waals surface area contributed by atoms with E-state index in [0.29, 0.717) is 33.1 Å². The van der Waals surface area contributed by atoms with Crippen LogP contribution in [-0.2, 0) is 11.8 Å². The number of nitrogen functional groups attached to an aromatic ring is 1. The average Bonchev–Trinajstić information content (AvgIpc) is 3.00. The van der Waals surface area contributed by atoms with Gasteiger partial charge in [-0.05, 0) is 32.8 Å². The number of aromatic nitrogens is 3. The molecule has 2 fully saturated rings. The molecule has 30 heavy (non-hydrogen) atoms. The van der Waals surface area contributed by atoms with Crippen molar-refractivity contribution < 1.29 is 4.74 Å². The van der Waals surface area contributed by atoms with Gasteiger partial charge in [0.1, 0.15) is 5.82 Å². The highest BCUT2D eigenvalue weighted by molar-refractivity contribution is 7.99. The van der Waals surface area contributed by atoms with Gasteiger partial charge in [0.15, 0.2) is 0 Å². The van der Waals surface area contributed by atoms with Crippen LogP contribution in [0, 0.1) is 12.3 Å². The summed E-state index contributed by atoms with van der Waals surface area (Å²) >= 11 is 7.52. The Morgan fingerprint density at radius 3 is 2.70 bits per heavy atom. The van der Waals surface area contributed by atoms with Gasteiger partial charge in [-0.1, -0.05) is 23.4 Å². The standard InChI is InChI=1S/C20H27ClN6O2S/c1-11-15(30-13-4-7-24-17(23)14(13)21)18(28)26(3)19(25-11)27-8-5-20(6-9-27)10-29-12(2)16(20)22/h4,7,12,16H,5-6,8-10,22H2,1-3H3,(H2,23,24)/t12-,16+/m0/s1. The van der Waals surface area contributed by atoms with Gasteiger partial charge < -0.3 is 21.1 Å². The summed E-state index contributed by atoms with van der Waals surface area (Å²) in [6, 6.07) is 1.79. The van der Waals surface area contributed by atoms with Crippen LogP contribution >= 0.6 is 23.4 Å². The second kappa shape index (κ2) is 8.03. The van der Waals surface area contributed by atoms with Crippen molar-refractivity contribution >= 4 is 35.1 Å². The summed E-state index contributed by atoms with van der Waals surface area (Å²) in [5, 5.41) is 0.346. The number of ether oxygens (including phenoxy) is 1. The smallest absolute Gasteiger partial charge is 0.268 e. The van der Waals surface area contributed by atoms with E-state index in [1.807, 2.05) is 13.8 Å². The number of halogens is 1. The van der Waals surface area contributed by atoms with Crippen molar-refractivity contribution in [3.05, 3.63) is 33.3 Å². The van der Waals surface area contributed by atoms with Crippen LogP contribution in [-0.4, -0.2) is 46.4 Å². The average molecular weight is 451 g/mol. The molecule has 0 radical (unpaired) electrons. The lowest BCUT2D eigenvalue weighted by Crippen LogP contribution is -2.51. The Morgan fingerprint density at radius 1 is 1.37 bits per heavy atom. The topological polar surface area (TPSA) is 112 Å². The molecule has 2 aliphatic heterocycles. The lowest BCUT2D eigenvalue weighted by atomic mass is 9.73. The highest BCUT2D eigenvalue weighted by Gasteiger charge is 2.47. The summed E-state index contributed by atoms with van der Waals surface area (Å²) < 4.78 is 7.42. The zero-order valence-electron chi connectivity index (χ0n) is 17.4. The van der Waals surface area contributed by atoms with Crippen LogP contribution in [0.5, 0.6) is 0 Å². The number of rotatable bonds is 3. The van der Waals surface area contributed by atoms with Gasteiger partial charge in [0.25, 0.3) is 5.56 Å². The lowest BCUT2D eigenvalue weighted by Gasteiger charge is -2.41. The lowest BCUT2D eigenvalue weighted by molar-refractivity contribution is 0.0973. The maximum absolute atomic E-state index is 13.1. The van der Waals surface area contributed by atoms with E-state index in [0.717, 1.165) is 25.9 Å². The van der Waals surface area contributed by atoms with E-state index in [4.69, 9.17) is 32.8 Å². The van der Waals surface area contributed by atoms with Crippen molar-refractivity contribution in [1.82, 2.24) is 14.5 Å². The van der Waals surface area contributed by atoms with Crippen LogP contribution < -0.4 is 21.9 Å². The normalized spacial score (nSPS) is 23.3. The molecule has 0 bridgehead atoms. The van der Waals surface area contributed by atoms with E-state index < -0.39 is 0 Å². The van der Waals surface area contributed by atoms with Gasteiger partial charge in [0, 0.05) is 42.7 Å². The van der Waals surface area contributed by atoms with Crippen molar-refractivity contribution in [3.63, 3.8) is 0 Å². The van der Waals surface area contributed by atoms with E-state index in [9.17, 15) is 4.79 Å². The minimum absolute atomic E-state index is 0.0254. The molecule has 2 aromatic heterocycles. The Bertz CT molecular complexity index is 1020. The maximum Gasteiger partial charge on any atom is 0.268 e. The maximum atomic E-state index is 13.1. The number of piperidine rings is 1. The van der Waals surface area contributed by atoms with Crippen LogP contribution in [0.25, 0.3) is 0 Å². The fraction of sp³-hybridized carbons (Fsp3) is 0.550. The zero-order chi connectivity index (χ0) is 21.6. The number of nitrogens with two attached hydrogens (primary N) is 2. The third-order valence-corrected chi connectivity index (χ3v) is 8.12.